The predicted molar refractivity (Wildman–Crippen MR) is 93.7 cm³/mol. The van der Waals surface area contributed by atoms with Gasteiger partial charge in [0.1, 0.15) is 6.04 Å². The van der Waals surface area contributed by atoms with Crippen LogP contribution in [0.5, 0.6) is 0 Å². The van der Waals surface area contributed by atoms with Crippen molar-refractivity contribution in [3.8, 4) is 0 Å². The summed E-state index contributed by atoms with van der Waals surface area (Å²) in [6, 6.07) is 2.66. The maximum atomic E-state index is 12.1. The smallest absolute Gasteiger partial charge is 0.308 e. The van der Waals surface area contributed by atoms with Crippen LogP contribution < -0.4 is 10.6 Å². The molecule has 0 spiro atoms. The molecule has 1 aliphatic heterocycles. The van der Waals surface area contributed by atoms with Gasteiger partial charge in [-0.25, -0.2) is 0 Å². The van der Waals surface area contributed by atoms with Crippen molar-refractivity contribution in [2.75, 3.05) is 13.1 Å². The second kappa shape index (κ2) is 8.20. The van der Waals surface area contributed by atoms with E-state index in [2.05, 4.69) is 10.6 Å². The molecule has 0 aliphatic carbocycles. The van der Waals surface area contributed by atoms with Crippen LogP contribution in [0, 0.1) is 0 Å². The number of piperazine rings is 1. The van der Waals surface area contributed by atoms with Crippen LogP contribution in [-0.2, 0) is 14.3 Å². The number of nitrogens with zero attached hydrogens (tertiary/aromatic N) is 1. The lowest BCUT2D eigenvalue weighted by Crippen LogP contribution is -2.60. The molecule has 0 saturated carbocycles. The van der Waals surface area contributed by atoms with Crippen molar-refractivity contribution in [3.05, 3.63) is 22.4 Å². The summed E-state index contributed by atoms with van der Waals surface area (Å²) < 4.78 is 5.09. The summed E-state index contributed by atoms with van der Waals surface area (Å²) in [5.41, 5.74) is 0. The Labute approximate surface area is 149 Å². The highest BCUT2D eigenvalue weighted by atomic mass is 32.1. The number of nitrogens with one attached hydrogen (secondary N) is 2. The Morgan fingerprint density at radius 2 is 2.29 bits per heavy atom. The first-order chi connectivity index (χ1) is 11.4. The Bertz CT molecular complexity index is 631. The maximum Gasteiger partial charge on any atom is 0.308 e. The Kier molecular flexibility index (Phi) is 6.27. The fourth-order valence-electron chi connectivity index (χ4n) is 2.27. The van der Waals surface area contributed by atoms with Gasteiger partial charge < -0.3 is 15.0 Å². The first-order valence-electron chi connectivity index (χ1n) is 7.51. The lowest BCUT2D eigenvalue weighted by molar-refractivity contribution is -0.150. The highest BCUT2D eigenvalue weighted by molar-refractivity contribution is 7.80. The van der Waals surface area contributed by atoms with Crippen LogP contribution in [-0.4, -0.2) is 53.0 Å². The number of carbonyl (C=O) groups excluding carboxylic acids is 3. The van der Waals surface area contributed by atoms with Crippen LogP contribution >= 0.6 is 23.6 Å². The van der Waals surface area contributed by atoms with E-state index < -0.39 is 12.0 Å². The van der Waals surface area contributed by atoms with E-state index in [1.165, 1.54) is 11.3 Å². The summed E-state index contributed by atoms with van der Waals surface area (Å²) >= 11 is 6.56. The molecule has 0 aromatic carbocycles. The standard InChI is InChI=1S/C15H19N3O4S2/c1-9(2)22-12(19)8-10-13(20)16-5-6-18(10)15(23)17-14(21)11-4-3-7-24-11/h3-4,7,9-10H,5-6,8H2,1-2H3,(H,16,20)(H,17,21,23)/t10-/m0/s1. The molecule has 2 amide bonds. The van der Waals surface area contributed by atoms with E-state index in [0.29, 0.717) is 18.0 Å². The quantitative estimate of drug-likeness (QED) is 0.606. The third-order valence-corrected chi connectivity index (χ3v) is 4.49. The first kappa shape index (κ1) is 18.3. The molecule has 9 heteroatoms. The van der Waals surface area contributed by atoms with Crippen molar-refractivity contribution in [2.24, 2.45) is 0 Å². The van der Waals surface area contributed by atoms with E-state index in [1.807, 2.05) is 0 Å². The van der Waals surface area contributed by atoms with E-state index in [4.69, 9.17) is 17.0 Å². The molecule has 1 saturated heterocycles. The third kappa shape index (κ3) is 4.75. The Balaban J connectivity index is 2.04. The SMILES string of the molecule is CC(C)OC(=O)C[C@H]1C(=O)NCCN1C(=S)NC(=O)c1cccs1. The van der Waals surface area contributed by atoms with Gasteiger partial charge in [0.05, 0.1) is 17.4 Å². The molecule has 2 rings (SSSR count). The molecular weight excluding hydrogens is 350 g/mol. The summed E-state index contributed by atoms with van der Waals surface area (Å²) in [5.74, 6) is -1.12. The fourth-order valence-corrected chi connectivity index (χ4v) is 3.20. The van der Waals surface area contributed by atoms with Crippen molar-refractivity contribution < 1.29 is 19.1 Å². The van der Waals surface area contributed by atoms with E-state index in [9.17, 15) is 14.4 Å². The van der Waals surface area contributed by atoms with Crippen LogP contribution in [0.25, 0.3) is 0 Å². The molecule has 2 N–H and O–H groups in total. The zero-order valence-electron chi connectivity index (χ0n) is 13.4. The number of rotatable bonds is 4. The van der Waals surface area contributed by atoms with Crippen LogP contribution in [0.2, 0.25) is 0 Å². The Hall–Kier alpha value is -2.00. The summed E-state index contributed by atoms with van der Waals surface area (Å²) in [6.45, 7) is 4.28. The Morgan fingerprint density at radius 3 is 2.92 bits per heavy atom. The summed E-state index contributed by atoms with van der Waals surface area (Å²) in [5, 5.41) is 7.23. The molecule has 0 bridgehead atoms. The van der Waals surface area contributed by atoms with Gasteiger partial charge in [0.15, 0.2) is 5.11 Å². The highest BCUT2D eigenvalue weighted by Gasteiger charge is 2.34. The average Bonchev–Trinajstić information content (AvgIpc) is 3.02. The molecule has 1 aromatic rings. The van der Waals surface area contributed by atoms with E-state index in [1.54, 1.807) is 36.3 Å². The molecule has 0 radical (unpaired) electrons. The second-order valence-corrected chi connectivity index (χ2v) is 6.81. The van der Waals surface area contributed by atoms with E-state index in [-0.39, 0.29) is 29.5 Å². The molecular formula is C15H19N3O4S2. The second-order valence-electron chi connectivity index (χ2n) is 5.48. The number of thiophene rings is 1. The van der Waals surface area contributed by atoms with Gasteiger partial charge in [-0.05, 0) is 37.5 Å². The van der Waals surface area contributed by atoms with Crippen molar-refractivity contribution in [3.63, 3.8) is 0 Å². The molecule has 1 aromatic heterocycles. The van der Waals surface area contributed by atoms with Crippen molar-refractivity contribution >= 4 is 46.5 Å². The molecule has 2 heterocycles. The summed E-state index contributed by atoms with van der Waals surface area (Å²) in [4.78, 5) is 38.2. The molecule has 130 valence electrons. The number of amides is 2. The summed E-state index contributed by atoms with van der Waals surface area (Å²) in [7, 11) is 0. The molecule has 1 aliphatic rings. The van der Waals surface area contributed by atoms with Crippen LogP contribution in [0.3, 0.4) is 0 Å². The van der Waals surface area contributed by atoms with Crippen LogP contribution in [0.4, 0.5) is 0 Å². The maximum absolute atomic E-state index is 12.1. The van der Waals surface area contributed by atoms with Crippen molar-refractivity contribution in [2.45, 2.75) is 32.4 Å². The normalized spacial score (nSPS) is 17.4. The van der Waals surface area contributed by atoms with Crippen LogP contribution in [0.1, 0.15) is 29.9 Å². The average molecular weight is 369 g/mol. The van der Waals surface area contributed by atoms with E-state index >= 15 is 0 Å². The van der Waals surface area contributed by atoms with Gasteiger partial charge in [-0.3, -0.25) is 19.7 Å². The molecule has 0 unspecified atom stereocenters. The minimum absolute atomic E-state index is 0.126. The lowest BCUT2D eigenvalue weighted by atomic mass is 10.1. The van der Waals surface area contributed by atoms with Crippen LogP contribution in [0.15, 0.2) is 17.5 Å². The minimum atomic E-state index is -0.791. The predicted octanol–water partition coefficient (Wildman–Crippen LogP) is 0.905. The first-order valence-corrected chi connectivity index (χ1v) is 8.80. The molecule has 24 heavy (non-hydrogen) atoms. The van der Waals surface area contributed by atoms with Gasteiger partial charge in [-0.15, -0.1) is 11.3 Å². The minimum Gasteiger partial charge on any atom is -0.463 e. The molecule has 7 nitrogen and oxygen atoms in total. The number of hydrogen-bond donors (Lipinski definition) is 2. The topological polar surface area (TPSA) is 87.7 Å². The van der Waals surface area contributed by atoms with Gasteiger partial charge in [-0.2, -0.15) is 0 Å². The fraction of sp³-hybridized carbons (Fsp3) is 0.467. The van der Waals surface area contributed by atoms with Gasteiger partial charge >= 0.3 is 5.97 Å². The van der Waals surface area contributed by atoms with E-state index in [0.717, 1.165) is 0 Å². The highest BCUT2D eigenvalue weighted by Crippen LogP contribution is 2.13. The van der Waals surface area contributed by atoms with Crippen molar-refractivity contribution in [1.29, 1.82) is 0 Å². The van der Waals surface area contributed by atoms with Gasteiger partial charge in [-0.1, -0.05) is 6.07 Å². The third-order valence-electron chi connectivity index (χ3n) is 3.28. The Morgan fingerprint density at radius 1 is 1.54 bits per heavy atom. The zero-order valence-corrected chi connectivity index (χ0v) is 15.0. The number of hydrogen-bond acceptors (Lipinski definition) is 6. The molecule has 1 atom stereocenters. The lowest BCUT2D eigenvalue weighted by Gasteiger charge is -2.36. The monoisotopic (exact) mass is 369 g/mol. The number of thiocarbonyl (C=S) groups is 1. The van der Waals surface area contributed by atoms with Gasteiger partial charge in [0, 0.05) is 13.1 Å². The van der Waals surface area contributed by atoms with Gasteiger partial charge in [0.2, 0.25) is 5.91 Å². The van der Waals surface area contributed by atoms with Gasteiger partial charge in [0.25, 0.3) is 5.91 Å². The number of ether oxygens (including phenoxy) is 1. The summed E-state index contributed by atoms with van der Waals surface area (Å²) in [6.07, 6.45) is -0.387. The number of esters is 1. The largest absolute Gasteiger partial charge is 0.463 e. The molecule has 1 fully saturated rings. The number of carbonyl (C=O) groups is 3. The van der Waals surface area contributed by atoms with Crippen molar-refractivity contribution in [1.82, 2.24) is 15.5 Å². The zero-order chi connectivity index (χ0) is 17.7.